The fourth-order valence-corrected chi connectivity index (χ4v) is 5.18. The van der Waals surface area contributed by atoms with Gasteiger partial charge in [0.1, 0.15) is 0 Å². The van der Waals surface area contributed by atoms with Crippen LogP contribution in [-0.4, -0.2) is 21.6 Å². The SMILES string of the molecule is Cc1ccc2sc(N(Cc3ccccn3)C(=O)CCSc3ccc(Cl)cc3)nc2c1C. The molecule has 0 saturated carbocycles. The quantitative estimate of drug-likeness (QED) is 0.284. The lowest BCUT2D eigenvalue weighted by Gasteiger charge is -2.19. The zero-order chi connectivity index (χ0) is 21.8. The molecule has 0 aliphatic rings. The standard InChI is InChI=1S/C24H22ClN3OS2/c1-16-6-11-21-23(17(16)2)27-24(31-21)28(15-19-5-3-4-13-26-19)22(29)12-14-30-20-9-7-18(25)8-10-20/h3-11,13H,12,14-15H2,1-2H3. The molecule has 0 bridgehead atoms. The Morgan fingerprint density at radius 1 is 1.10 bits per heavy atom. The zero-order valence-corrected chi connectivity index (χ0v) is 19.7. The van der Waals surface area contributed by atoms with E-state index in [1.807, 2.05) is 42.5 Å². The lowest BCUT2D eigenvalue weighted by atomic mass is 10.1. The minimum absolute atomic E-state index is 0.0422. The maximum Gasteiger partial charge on any atom is 0.229 e. The first kappa shape index (κ1) is 21.8. The van der Waals surface area contributed by atoms with Gasteiger partial charge in [-0.1, -0.05) is 35.1 Å². The topological polar surface area (TPSA) is 46.1 Å². The van der Waals surface area contributed by atoms with Crippen molar-refractivity contribution < 1.29 is 4.79 Å². The molecule has 2 heterocycles. The van der Waals surface area contributed by atoms with E-state index in [4.69, 9.17) is 16.6 Å². The Morgan fingerprint density at radius 3 is 2.65 bits per heavy atom. The highest BCUT2D eigenvalue weighted by Gasteiger charge is 2.21. The van der Waals surface area contributed by atoms with Gasteiger partial charge in [0.05, 0.1) is 22.5 Å². The molecular formula is C24H22ClN3OS2. The number of amides is 1. The predicted octanol–water partition coefficient (Wildman–Crippen LogP) is 6.68. The van der Waals surface area contributed by atoms with Gasteiger partial charge in [-0.15, -0.1) is 11.8 Å². The van der Waals surface area contributed by atoms with Crippen molar-refractivity contribution in [3.05, 3.63) is 82.6 Å². The smallest absolute Gasteiger partial charge is 0.229 e. The van der Waals surface area contributed by atoms with Crippen LogP contribution < -0.4 is 4.90 Å². The van der Waals surface area contributed by atoms with Crippen LogP contribution >= 0.6 is 34.7 Å². The number of aromatic nitrogens is 2. The van der Waals surface area contributed by atoms with Crippen molar-refractivity contribution in [2.45, 2.75) is 31.7 Å². The van der Waals surface area contributed by atoms with E-state index >= 15 is 0 Å². The molecule has 4 aromatic rings. The predicted molar refractivity (Wildman–Crippen MR) is 131 cm³/mol. The van der Waals surface area contributed by atoms with Crippen LogP contribution in [0.2, 0.25) is 5.02 Å². The number of nitrogens with zero attached hydrogens (tertiary/aromatic N) is 3. The molecule has 4 nitrogen and oxygen atoms in total. The summed E-state index contributed by atoms with van der Waals surface area (Å²) in [7, 11) is 0. The second-order valence-electron chi connectivity index (χ2n) is 7.20. The Hall–Kier alpha value is -2.41. The molecular weight excluding hydrogens is 446 g/mol. The third kappa shape index (κ3) is 5.26. The van der Waals surface area contributed by atoms with Crippen LogP contribution in [0.15, 0.2) is 65.7 Å². The number of hydrogen-bond donors (Lipinski definition) is 0. The van der Waals surface area contributed by atoms with E-state index in [-0.39, 0.29) is 5.91 Å². The molecule has 31 heavy (non-hydrogen) atoms. The van der Waals surface area contributed by atoms with Crippen LogP contribution in [0.25, 0.3) is 10.2 Å². The number of thioether (sulfide) groups is 1. The van der Waals surface area contributed by atoms with Crippen molar-refractivity contribution in [1.29, 1.82) is 0 Å². The van der Waals surface area contributed by atoms with E-state index < -0.39 is 0 Å². The average Bonchev–Trinajstić information content (AvgIpc) is 3.21. The third-order valence-electron chi connectivity index (χ3n) is 5.05. The fraction of sp³-hybridized carbons (Fsp3) is 0.208. The number of rotatable bonds is 7. The largest absolute Gasteiger partial charge is 0.282 e. The van der Waals surface area contributed by atoms with Crippen LogP contribution in [0.4, 0.5) is 5.13 Å². The summed E-state index contributed by atoms with van der Waals surface area (Å²) in [5, 5.41) is 1.43. The van der Waals surface area contributed by atoms with E-state index in [1.165, 1.54) is 5.56 Å². The van der Waals surface area contributed by atoms with E-state index in [1.54, 1.807) is 34.2 Å². The highest BCUT2D eigenvalue weighted by atomic mass is 35.5. The number of carbonyl (C=O) groups excluding carboxylic acids is 1. The lowest BCUT2D eigenvalue weighted by molar-refractivity contribution is -0.118. The fourth-order valence-electron chi connectivity index (χ4n) is 3.17. The number of aryl methyl sites for hydroxylation is 2. The Labute approximate surface area is 195 Å². The molecule has 0 spiro atoms. The molecule has 158 valence electrons. The first-order valence-electron chi connectivity index (χ1n) is 9.96. The number of thiazole rings is 1. The average molecular weight is 468 g/mol. The maximum atomic E-state index is 13.3. The van der Waals surface area contributed by atoms with Crippen LogP contribution in [-0.2, 0) is 11.3 Å². The van der Waals surface area contributed by atoms with Crippen LogP contribution in [0.5, 0.6) is 0 Å². The molecule has 0 N–H and O–H groups in total. The number of hydrogen-bond acceptors (Lipinski definition) is 5. The molecule has 0 radical (unpaired) electrons. The van der Waals surface area contributed by atoms with E-state index in [0.717, 1.165) is 31.5 Å². The number of carbonyl (C=O) groups is 1. The molecule has 2 aromatic carbocycles. The van der Waals surface area contributed by atoms with Gasteiger partial charge in [0.2, 0.25) is 5.91 Å². The van der Waals surface area contributed by atoms with Gasteiger partial charge in [-0.3, -0.25) is 14.7 Å². The lowest BCUT2D eigenvalue weighted by Crippen LogP contribution is -2.30. The number of fused-ring (bicyclic) bond motifs is 1. The Kier molecular flexibility index (Phi) is 6.90. The van der Waals surface area contributed by atoms with Gasteiger partial charge in [-0.2, -0.15) is 0 Å². The normalized spacial score (nSPS) is 11.1. The molecule has 0 atom stereocenters. The summed E-state index contributed by atoms with van der Waals surface area (Å²) < 4.78 is 1.09. The van der Waals surface area contributed by atoms with E-state index in [2.05, 4.69) is 31.0 Å². The van der Waals surface area contributed by atoms with E-state index in [9.17, 15) is 4.79 Å². The Morgan fingerprint density at radius 2 is 1.90 bits per heavy atom. The van der Waals surface area contributed by atoms with Crippen LogP contribution in [0.1, 0.15) is 23.2 Å². The van der Waals surface area contributed by atoms with Crippen molar-refractivity contribution in [1.82, 2.24) is 9.97 Å². The molecule has 2 aromatic heterocycles. The van der Waals surface area contributed by atoms with Gasteiger partial charge in [-0.05, 0) is 67.4 Å². The first-order chi connectivity index (χ1) is 15.0. The van der Waals surface area contributed by atoms with Gasteiger partial charge in [0.15, 0.2) is 5.13 Å². The van der Waals surface area contributed by atoms with Crippen molar-refractivity contribution in [3.8, 4) is 0 Å². The van der Waals surface area contributed by atoms with Gasteiger partial charge in [0.25, 0.3) is 0 Å². The Bertz CT molecular complexity index is 1190. The number of benzene rings is 2. The van der Waals surface area contributed by atoms with Gasteiger partial charge in [0, 0.05) is 28.3 Å². The first-order valence-corrected chi connectivity index (χ1v) is 12.1. The molecule has 7 heteroatoms. The number of halogens is 1. The summed E-state index contributed by atoms with van der Waals surface area (Å²) >= 11 is 9.15. The molecule has 0 aliphatic carbocycles. The van der Waals surface area contributed by atoms with E-state index in [0.29, 0.717) is 23.7 Å². The molecule has 4 rings (SSSR count). The van der Waals surface area contributed by atoms with Crippen LogP contribution in [0.3, 0.4) is 0 Å². The van der Waals surface area contributed by atoms with Crippen molar-refractivity contribution in [3.63, 3.8) is 0 Å². The van der Waals surface area contributed by atoms with Gasteiger partial charge in [-0.25, -0.2) is 4.98 Å². The molecule has 0 fully saturated rings. The summed E-state index contributed by atoms with van der Waals surface area (Å²) in [6.45, 7) is 4.57. The third-order valence-corrected chi connectivity index (χ3v) is 7.36. The van der Waals surface area contributed by atoms with Gasteiger partial charge >= 0.3 is 0 Å². The minimum Gasteiger partial charge on any atom is -0.282 e. The highest BCUT2D eigenvalue weighted by Crippen LogP contribution is 2.33. The molecule has 0 aliphatic heterocycles. The second kappa shape index (κ2) is 9.81. The molecule has 0 saturated heterocycles. The van der Waals surface area contributed by atoms with Crippen molar-refractivity contribution in [2.75, 3.05) is 10.7 Å². The highest BCUT2D eigenvalue weighted by molar-refractivity contribution is 7.99. The molecule has 0 unspecified atom stereocenters. The summed E-state index contributed by atoms with van der Waals surface area (Å²) in [6.07, 6.45) is 2.16. The zero-order valence-electron chi connectivity index (χ0n) is 17.3. The molecule has 1 amide bonds. The summed E-state index contributed by atoms with van der Waals surface area (Å²) in [6, 6.07) is 17.6. The number of pyridine rings is 1. The summed E-state index contributed by atoms with van der Waals surface area (Å²) in [4.78, 5) is 25.4. The monoisotopic (exact) mass is 467 g/mol. The summed E-state index contributed by atoms with van der Waals surface area (Å²) in [5.74, 6) is 0.725. The van der Waals surface area contributed by atoms with Gasteiger partial charge < -0.3 is 0 Å². The van der Waals surface area contributed by atoms with Crippen molar-refractivity contribution in [2.24, 2.45) is 0 Å². The Balaban J connectivity index is 1.56. The van der Waals surface area contributed by atoms with Crippen molar-refractivity contribution >= 4 is 56.0 Å². The van der Waals surface area contributed by atoms with Crippen LogP contribution in [0, 0.1) is 13.8 Å². The number of anilines is 1. The maximum absolute atomic E-state index is 13.3. The summed E-state index contributed by atoms with van der Waals surface area (Å²) in [5.41, 5.74) is 4.16. The second-order valence-corrected chi connectivity index (χ2v) is 9.82. The minimum atomic E-state index is 0.0422.